The lowest BCUT2D eigenvalue weighted by Gasteiger charge is -2.19. The number of carboxylic acids is 1. The van der Waals surface area contributed by atoms with Gasteiger partial charge in [0, 0.05) is 11.8 Å². The molecule has 0 aliphatic carbocycles. The summed E-state index contributed by atoms with van der Waals surface area (Å²) in [6, 6.07) is 11.6. The molecule has 0 saturated carbocycles. The van der Waals surface area contributed by atoms with Crippen LogP contribution in [-0.2, 0) is 4.79 Å². The summed E-state index contributed by atoms with van der Waals surface area (Å²) in [5.41, 5.74) is 3.51. The first-order valence-electron chi connectivity index (χ1n) is 9.56. The highest BCUT2D eigenvalue weighted by atomic mass is 35.5. The molecule has 0 aliphatic rings. The van der Waals surface area contributed by atoms with Crippen LogP contribution >= 0.6 is 11.6 Å². The van der Waals surface area contributed by atoms with Gasteiger partial charge in [0.2, 0.25) is 0 Å². The van der Waals surface area contributed by atoms with Gasteiger partial charge in [0.15, 0.2) is 0 Å². The van der Waals surface area contributed by atoms with Gasteiger partial charge in [-0.2, -0.15) is 0 Å². The van der Waals surface area contributed by atoms with Crippen LogP contribution in [0.25, 0.3) is 11.3 Å². The van der Waals surface area contributed by atoms with E-state index in [1.54, 1.807) is 24.4 Å². The molecule has 0 unspecified atom stereocenters. The standard InChI is InChI=1S/C23H22ClN3O4/c1-13-10-16(22(24)25-12-13)21-19(31-3)9-8-17(26-21)23(30)27-18(11-20(28)29)15-7-5-4-6-14(15)2/h4-10,12,18H,11H2,1-3H3,(H,27,30)(H,28,29)/t18-/m0/s1. The summed E-state index contributed by atoms with van der Waals surface area (Å²) >= 11 is 6.26. The van der Waals surface area contributed by atoms with E-state index in [0.29, 0.717) is 17.0 Å². The van der Waals surface area contributed by atoms with Gasteiger partial charge in [-0.3, -0.25) is 9.59 Å². The Morgan fingerprint density at radius 1 is 1.19 bits per heavy atom. The molecule has 3 rings (SSSR count). The van der Waals surface area contributed by atoms with E-state index in [9.17, 15) is 14.7 Å². The number of aryl methyl sites for hydroxylation is 2. The number of hydrogen-bond donors (Lipinski definition) is 2. The van der Waals surface area contributed by atoms with Crippen molar-refractivity contribution in [2.45, 2.75) is 26.3 Å². The van der Waals surface area contributed by atoms with E-state index in [-0.39, 0.29) is 17.3 Å². The highest BCUT2D eigenvalue weighted by Crippen LogP contribution is 2.33. The number of aromatic nitrogens is 2. The first kappa shape index (κ1) is 22.2. The minimum absolute atomic E-state index is 0.109. The third-order valence-electron chi connectivity index (χ3n) is 4.79. The molecule has 1 aromatic carbocycles. The maximum Gasteiger partial charge on any atom is 0.305 e. The van der Waals surface area contributed by atoms with Gasteiger partial charge in [0.05, 0.1) is 19.6 Å². The molecule has 31 heavy (non-hydrogen) atoms. The van der Waals surface area contributed by atoms with E-state index in [0.717, 1.165) is 16.7 Å². The predicted molar refractivity (Wildman–Crippen MR) is 117 cm³/mol. The summed E-state index contributed by atoms with van der Waals surface area (Å²) in [5, 5.41) is 12.4. The molecule has 3 aromatic rings. The Bertz CT molecular complexity index is 1130. The zero-order valence-corrected chi connectivity index (χ0v) is 18.1. The number of hydrogen-bond acceptors (Lipinski definition) is 5. The maximum atomic E-state index is 13.0. The summed E-state index contributed by atoms with van der Waals surface area (Å²) in [6.45, 7) is 3.74. The lowest BCUT2D eigenvalue weighted by atomic mass is 9.98. The average molecular weight is 440 g/mol. The summed E-state index contributed by atoms with van der Waals surface area (Å²) in [7, 11) is 1.50. The van der Waals surface area contributed by atoms with E-state index >= 15 is 0 Å². The number of carbonyl (C=O) groups is 2. The van der Waals surface area contributed by atoms with E-state index in [4.69, 9.17) is 16.3 Å². The Kier molecular flexibility index (Phi) is 6.87. The second-order valence-electron chi connectivity index (χ2n) is 7.08. The van der Waals surface area contributed by atoms with Crippen molar-refractivity contribution in [3.63, 3.8) is 0 Å². The van der Waals surface area contributed by atoms with Crippen LogP contribution in [0.1, 0.15) is 39.6 Å². The maximum absolute atomic E-state index is 13.0. The summed E-state index contributed by atoms with van der Waals surface area (Å²) in [4.78, 5) is 33.0. The van der Waals surface area contributed by atoms with Crippen LogP contribution in [-0.4, -0.2) is 34.1 Å². The summed E-state index contributed by atoms with van der Waals surface area (Å²) in [6.07, 6.45) is 1.38. The molecule has 0 aliphatic heterocycles. The fourth-order valence-corrected chi connectivity index (χ4v) is 3.47. The topological polar surface area (TPSA) is 101 Å². The molecule has 0 saturated heterocycles. The predicted octanol–water partition coefficient (Wildman–Crippen LogP) is 4.37. The van der Waals surface area contributed by atoms with Gasteiger partial charge in [-0.1, -0.05) is 35.9 Å². The lowest BCUT2D eigenvalue weighted by molar-refractivity contribution is -0.137. The molecular weight excluding hydrogens is 418 g/mol. The number of rotatable bonds is 7. The minimum Gasteiger partial charge on any atom is -0.494 e. The average Bonchev–Trinajstić information content (AvgIpc) is 2.74. The second kappa shape index (κ2) is 9.57. The highest BCUT2D eigenvalue weighted by molar-refractivity contribution is 6.32. The summed E-state index contributed by atoms with van der Waals surface area (Å²) in [5.74, 6) is -1.09. The van der Waals surface area contributed by atoms with Gasteiger partial charge in [0.25, 0.3) is 5.91 Å². The van der Waals surface area contributed by atoms with Crippen molar-refractivity contribution in [3.8, 4) is 17.0 Å². The Balaban J connectivity index is 1.98. The number of carbonyl (C=O) groups excluding carboxylic acids is 1. The number of methoxy groups -OCH3 is 1. The van der Waals surface area contributed by atoms with E-state index in [1.807, 2.05) is 32.0 Å². The fraction of sp³-hybridized carbons (Fsp3) is 0.217. The lowest BCUT2D eigenvalue weighted by Crippen LogP contribution is -2.31. The Morgan fingerprint density at radius 2 is 1.94 bits per heavy atom. The third-order valence-corrected chi connectivity index (χ3v) is 5.09. The molecule has 1 amide bonds. The van der Waals surface area contributed by atoms with Crippen LogP contribution in [0.4, 0.5) is 0 Å². The van der Waals surface area contributed by atoms with Crippen LogP contribution in [0.2, 0.25) is 5.15 Å². The minimum atomic E-state index is -1.02. The van der Waals surface area contributed by atoms with Crippen LogP contribution in [0.3, 0.4) is 0 Å². The number of carboxylic acid groups (broad SMARTS) is 1. The molecule has 0 spiro atoms. The molecule has 2 heterocycles. The largest absolute Gasteiger partial charge is 0.494 e. The van der Waals surface area contributed by atoms with Gasteiger partial charge < -0.3 is 15.2 Å². The summed E-state index contributed by atoms with van der Waals surface area (Å²) < 4.78 is 5.39. The molecule has 0 bridgehead atoms. The quantitative estimate of drug-likeness (QED) is 0.530. The molecule has 0 fully saturated rings. The SMILES string of the molecule is COc1ccc(C(=O)N[C@@H](CC(=O)O)c2ccccc2C)nc1-c1cc(C)cnc1Cl. The molecular formula is C23H22ClN3O4. The van der Waals surface area contributed by atoms with Crippen molar-refractivity contribution in [2.75, 3.05) is 7.11 Å². The van der Waals surface area contributed by atoms with Crippen molar-refractivity contribution in [3.05, 3.63) is 76.2 Å². The Labute approximate surface area is 185 Å². The van der Waals surface area contributed by atoms with E-state index in [2.05, 4.69) is 15.3 Å². The van der Waals surface area contributed by atoms with Gasteiger partial charge in [-0.05, 0) is 48.7 Å². The molecule has 8 heteroatoms. The molecule has 1 atom stereocenters. The van der Waals surface area contributed by atoms with Gasteiger partial charge in [-0.15, -0.1) is 0 Å². The number of halogens is 1. The number of amides is 1. The van der Waals surface area contributed by atoms with Crippen molar-refractivity contribution in [2.24, 2.45) is 0 Å². The smallest absolute Gasteiger partial charge is 0.305 e. The number of benzene rings is 1. The van der Waals surface area contributed by atoms with Crippen molar-refractivity contribution >= 4 is 23.5 Å². The van der Waals surface area contributed by atoms with Crippen LogP contribution < -0.4 is 10.1 Å². The molecule has 2 aromatic heterocycles. The monoisotopic (exact) mass is 439 g/mol. The van der Waals surface area contributed by atoms with Gasteiger partial charge >= 0.3 is 5.97 Å². The molecule has 0 radical (unpaired) electrons. The number of nitrogens with zero attached hydrogens (tertiary/aromatic N) is 2. The van der Waals surface area contributed by atoms with Gasteiger partial charge in [0.1, 0.15) is 22.3 Å². The highest BCUT2D eigenvalue weighted by Gasteiger charge is 2.22. The second-order valence-corrected chi connectivity index (χ2v) is 7.44. The molecule has 160 valence electrons. The zero-order chi connectivity index (χ0) is 22.5. The molecule has 2 N–H and O–H groups in total. The van der Waals surface area contributed by atoms with E-state index in [1.165, 1.54) is 13.2 Å². The number of aliphatic carboxylic acids is 1. The molecule has 7 nitrogen and oxygen atoms in total. The van der Waals surface area contributed by atoms with Gasteiger partial charge in [-0.25, -0.2) is 9.97 Å². The number of nitrogens with one attached hydrogen (secondary N) is 1. The Morgan fingerprint density at radius 3 is 2.61 bits per heavy atom. The fourth-order valence-electron chi connectivity index (χ4n) is 3.27. The van der Waals surface area contributed by atoms with E-state index < -0.39 is 17.9 Å². The Hall–Kier alpha value is -3.45. The van der Waals surface area contributed by atoms with Crippen molar-refractivity contribution < 1.29 is 19.4 Å². The van der Waals surface area contributed by atoms with Crippen LogP contribution in [0.15, 0.2) is 48.7 Å². The van der Waals surface area contributed by atoms with Crippen LogP contribution in [0, 0.1) is 13.8 Å². The number of ether oxygens (including phenoxy) is 1. The van der Waals surface area contributed by atoms with Crippen molar-refractivity contribution in [1.29, 1.82) is 0 Å². The third kappa shape index (κ3) is 5.19. The van der Waals surface area contributed by atoms with Crippen LogP contribution in [0.5, 0.6) is 5.75 Å². The normalized spacial score (nSPS) is 11.6. The zero-order valence-electron chi connectivity index (χ0n) is 17.3. The number of pyridine rings is 2. The first-order valence-corrected chi connectivity index (χ1v) is 9.93. The van der Waals surface area contributed by atoms with Crippen molar-refractivity contribution in [1.82, 2.24) is 15.3 Å². The first-order chi connectivity index (χ1) is 14.8.